The Morgan fingerprint density at radius 3 is 2.50 bits per heavy atom. The summed E-state index contributed by atoms with van der Waals surface area (Å²) in [5.74, 6) is -0.518. The number of hydrogen-bond donors (Lipinski definition) is 2. The van der Waals surface area contributed by atoms with Crippen molar-refractivity contribution in [2.45, 2.75) is 12.1 Å². The quantitative estimate of drug-likeness (QED) is 0.356. The van der Waals surface area contributed by atoms with E-state index in [9.17, 15) is 9.18 Å². The van der Waals surface area contributed by atoms with Crippen molar-refractivity contribution >= 4 is 34.6 Å². The lowest BCUT2D eigenvalue weighted by Gasteiger charge is -2.29. The number of methoxy groups -OCH3 is 1. The number of carbonyl (C=O) groups is 1. The Balaban J connectivity index is 1.55. The molecule has 1 aliphatic rings. The van der Waals surface area contributed by atoms with Gasteiger partial charge in [0.1, 0.15) is 18.5 Å². The number of aromatic nitrogens is 2. The molecule has 1 saturated heterocycles. The highest BCUT2D eigenvalue weighted by atomic mass is 32.1. The Kier molecular flexibility index (Phi) is 6.75. The number of carbonyl (C=O) groups excluding carboxylic acids is 1. The summed E-state index contributed by atoms with van der Waals surface area (Å²) >= 11 is 5.81. The molecule has 2 atom stereocenters. The predicted octanol–water partition coefficient (Wildman–Crippen LogP) is 4.77. The van der Waals surface area contributed by atoms with Gasteiger partial charge in [0.2, 0.25) is 5.91 Å². The van der Waals surface area contributed by atoms with E-state index in [0.717, 1.165) is 22.8 Å². The highest BCUT2D eigenvalue weighted by Crippen LogP contribution is 2.42. The van der Waals surface area contributed by atoms with Crippen molar-refractivity contribution in [1.82, 2.24) is 14.9 Å². The van der Waals surface area contributed by atoms with E-state index in [-0.39, 0.29) is 30.4 Å². The third-order valence-corrected chi connectivity index (χ3v) is 6.31. The fraction of sp³-hybridized carbons (Fsp3) is 0.148. The molecule has 0 bridgehead atoms. The van der Waals surface area contributed by atoms with Crippen molar-refractivity contribution in [3.05, 3.63) is 108 Å². The van der Waals surface area contributed by atoms with Gasteiger partial charge in [0.15, 0.2) is 5.11 Å². The van der Waals surface area contributed by atoms with Gasteiger partial charge >= 0.3 is 0 Å². The van der Waals surface area contributed by atoms with Gasteiger partial charge in [-0.05, 0) is 85.0 Å². The van der Waals surface area contributed by atoms with Crippen molar-refractivity contribution in [2.24, 2.45) is 0 Å². The third-order valence-electron chi connectivity index (χ3n) is 5.99. The number of thiocarbonyl (C=S) groups is 1. The molecule has 2 aromatic carbocycles. The standard InChI is InChI=1S/C27H24FN5O2S/c1-35-17-24(34)30-19-9-13-21(14-10-19)33-26(25(31-27(33)36)22-5-2-3-15-29-22)23-6-4-16-32(23)20-11-7-18(28)8-12-20/h2-16,25-26H,17H2,1H3,(H,30,34)(H,31,36)/t25-,26-/m1/s1. The van der Waals surface area contributed by atoms with Crippen LogP contribution in [0.15, 0.2) is 91.3 Å². The number of pyridine rings is 1. The Hall–Kier alpha value is -4.08. The first-order chi connectivity index (χ1) is 17.5. The van der Waals surface area contributed by atoms with Crippen LogP contribution in [0.1, 0.15) is 23.5 Å². The minimum absolute atomic E-state index is 0.0178. The SMILES string of the molecule is COCC(=O)Nc1ccc(N2C(=S)N[C@H](c3ccccn3)[C@H]2c2cccn2-c2ccc(F)cc2)cc1. The first-order valence-electron chi connectivity index (χ1n) is 11.4. The summed E-state index contributed by atoms with van der Waals surface area (Å²) < 4.78 is 20.5. The molecule has 0 unspecified atom stereocenters. The van der Waals surface area contributed by atoms with E-state index < -0.39 is 0 Å². The highest BCUT2D eigenvalue weighted by molar-refractivity contribution is 7.80. The van der Waals surface area contributed by atoms with Crippen LogP contribution in [-0.2, 0) is 9.53 Å². The Morgan fingerprint density at radius 2 is 1.81 bits per heavy atom. The van der Waals surface area contributed by atoms with Crippen LogP contribution in [0.3, 0.4) is 0 Å². The molecule has 4 aromatic rings. The molecule has 2 N–H and O–H groups in total. The molecule has 3 heterocycles. The second-order valence-corrected chi connectivity index (χ2v) is 8.69. The highest BCUT2D eigenvalue weighted by Gasteiger charge is 2.42. The third kappa shape index (κ3) is 4.71. The molecule has 1 aliphatic heterocycles. The molecular weight excluding hydrogens is 477 g/mol. The van der Waals surface area contributed by atoms with Gasteiger partial charge in [-0.3, -0.25) is 9.78 Å². The maximum atomic E-state index is 13.6. The number of halogens is 1. The van der Waals surface area contributed by atoms with Gasteiger partial charge in [-0.25, -0.2) is 4.39 Å². The number of hydrogen-bond acceptors (Lipinski definition) is 4. The number of nitrogens with zero attached hydrogens (tertiary/aromatic N) is 3. The Labute approximate surface area is 213 Å². The van der Waals surface area contributed by atoms with E-state index in [1.807, 2.05) is 70.3 Å². The fourth-order valence-corrected chi connectivity index (χ4v) is 4.78. The lowest BCUT2D eigenvalue weighted by atomic mass is 10.0. The molecule has 182 valence electrons. The molecule has 0 spiro atoms. The van der Waals surface area contributed by atoms with Crippen molar-refractivity contribution < 1.29 is 13.9 Å². The molecule has 0 saturated carbocycles. The van der Waals surface area contributed by atoms with Gasteiger partial charge in [0.05, 0.1) is 11.7 Å². The molecule has 1 fully saturated rings. The van der Waals surface area contributed by atoms with E-state index in [0.29, 0.717) is 10.8 Å². The van der Waals surface area contributed by atoms with Gasteiger partial charge in [-0.15, -0.1) is 0 Å². The molecule has 7 nitrogen and oxygen atoms in total. The number of ether oxygens (including phenoxy) is 1. The largest absolute Gasteiger partial charge is 0.375 e. The van der Waals surface area contributed by atoms with Crippen molar-refractivity contribution in [1.29, 1.82) is 0 Å². The molecule has 9 heteroatoms. The van der Waals surface area contributed by atoms with Crippen molar-refractivity contribution in [3.8, 4) is 5.69 Å². The average Bonchev–Trinajstić information content (AvgIpc) is 3.50. The summed E-state index contributed by atoms with van der Waals surface area (Å²) in [7, 11) is 1.48. The van der Waals surface area contributed by atoms with Gasteiger partial charge in [-0.2, -0.15) is 0 Å². The monoisotopic (exact) mass is 501 g/mol. The second kappa shape index (κ2) is 10.3. The second-order valence-electron chi connectivity index (χ2n) is 8.30. The topological polar surface area (TPSA) is 71.4 Å². The zero-order valence-corrected chi connectivity index (χ0v) is 20.3. The maximum absolute atomic E-state index is 13.6. The predicted molar refractivity (Wildman–Crippen MR) is 141 cm³/mol. The number of amides is 1. The van der Waals surface area contributed by atoms with Gasteiger partial charge < -0.3 is 24.8 Å². The first-order valence-corrected chi connectivity index (χ1v) is 11.8. The van der Waals surface area contributed by atoms with Crippen LogP contribution in [0.2, 0.25) is 0 Å². The summed E-state index contributed by atoms with van der Waals surface area (Å²) in [6.07, 6.45) is 3.71. The number of anilines is 2. The number of nitrogens with one attached hydrogen (secondary N) is 2. The van der Waals surface area contributed by atoms with Crippen LogP contribution in [-0.4, -0.2) is 34.3 Å². The fourth-order valence-electron chi connectivity index (χ4n) is 4.44. The number of rotatable bonds is 7. The zero-order valence-electron chi connectivity index (χ0n) is 19.5. The van der Waals surface area contributed by atoms with Crippen LogP contribution in [0, 0.1) is 5.82 Å². The molecule has 1 amide bonds. The lowest BCUT2D eigenvalue weighted by Crippen LogP contribution is -2.30. The molecule has 2 aromatic heterocycles. The molecular formula is C27H24FN5O2S. The van der Waals surface area contributed by atoms with Gasteiger partial charge in [0, 0.05) is 42.3 Å². The van der Waals surface area contributed by atoms with E-state index >= 15 is 0 Å². The molecule has 36 heavy (non-hydrogen) atoms. The van der Waals surface area contributed by atoms with Crippen LogP contribution in [0.25, 0.3) is 5.69 Å². The summed E-state index contributed by atoms with van der Waals surface area (Å²) in [4.78, 5) is 18.5. The zero-order chi connectivity index (χ0) is 25.1. The summed E-state index contributed by atoms with van der Waals surface area (Å²) in [6, 6.07) is 23.2. The summed E-state index contributed by atoms with van der Waals surface area (Å²) in [5, 5.41) is 6.80. The summed E-state index contributed by atoms with van der Waals surface area (Å²) in [5.41, 5.74) is 4.16. The van der Waals surface area contributed by atoms with Crippen LogP contribution < -0.4 is 15.5 Å². The van der Waals surface area contributed by atoms with Gasteiger partial charge in [-0.1, -0.05) is 6.07 Å². The minimum atomic E-state index is -0.290. The Morgan fingerprint density at radius 1 is 1.06 bits per heavy atom. The smallest absolute Gasteiger partial charge is 0.250 e. The molecule has 0 aliphatic carbocycles. The van der Waals surface area contributed by atoms with Crippen molar-refractivity contribution in [2.75, 3.05) is 23.9 Å². The Bertz CT molecular complexity index is 1360. The van der Waals surface area contributed by atoms with E-state index in [1.54, 1.807) is 18.3 Å². The van der Waals surface area contributed by atoms with Crippen molar-refractivity contribution in [3.63, 3.8) is 0 Å². The van der Waals surface area contributed by atoms with E-state index in [1.165, 1.54) is 19.2 Å². The molecule has 0 radical (unpaired) electrons. The first kappa shape index (κ1) is 23.7. The van der Waals surface area contributed by atoms with Crippen LogP contribution >= 0.6 is 12.2 Å². The van der Waals surface area contributed by atoms with E-state index in [2.05, 4.69) is 15.6 Å². The van der Waals surface area contributed by atoms with E-state index in [4.69, 9.17) is 17.0 Å². The minimum Gasteiger partial charge on any atom is -0.375 e. The normalized spacial score (nSPS) is 17.2. The van der Waals surface area contributed by atoms with Crippen LogP contribution in [0.4, 0.5) is 15.8 Å². The van der Waals surface area contributed by atoms with Gasteiger partial charge in [0.25, 0.3) is 0 Å². The molecule has 5 rings (SSSR count). The lowest BCUT2D eigenvalue weighted by molar-refractivity contribution is -0.119. The summed E-state index contributed by atoms with van der Waals surface area (Å²) in [6.45, 7) is -0.0178. The number of benzene rings is 2. The van der Waals surface area contributed by atoms with Crippen LogP contribution in [0.5, 0.6) is 0 Å². The maximum Gasteiger partial charge on any atom is 0.250 e. The average molecular weight is 502 g/mol.